The van der Waals surface area contributed by atoms with Crippen molar-refractivity contribution in [1.29, 1.82) is 0 Å². The van der Waals surface area contributed by atoms with Crippen molar-refractivity contribution in [3.63, 3.8) is 0 Å². The van der Waals surface area contributed by atoms with Crippen LogP contribution in [0, 0.1) is 6.92 Å². The lowest BCUT2D eigenvalue weighted by Gasteiger charge is -2.10. The maximum atomic E-state index is 11.9. The first-order valence-electron chi connectivity index (χ1n) is 6.04. The molecular formula is C12H15N3O4. The number of nitrogens with one attached hydrogen (secondary N) is 2. The van der Waals surface area contributed by atoms with Gasteiger partial charge >= 0.3 is 5.97 Å². The van der Waals surface area contributed by atoms with Crippen LogP contribution in [0.15, 0.2) is 4.79 Å². The molecule has 0 bridgehead atoms. The van der Waals surface area contributed by atoms with Crippen LogP contribution in [-0.4, -0.2) is 33.0 Å². The fourth-order valence-corrected chi connectivity index (χ4v) is 1.76. The normalized spacial score (nSPS) is 15.9. The zero-order valence-electron chi connectivity index (χ0n) is 10.7. The number of nitrogens with zero attached hydrogens (tertiary/aromatic N) is 1. The summed E-state index contributed by atoms with van der Waals surface area (Å²) >= 11 is 0. The molecule has 0 unspecified atom stereocenters. The minimum Gasteiger partial charge on any atom is -0.480 e. The van der Waals surface area contributed by atoms with Crippen LogP contribution in [0.5, 0.6) is 0 Å². The van der Waals surface area contributed by atoms with Gasteiger partial charge < -0.3 is 15.4 Å². The summed E-state index contributed by atoms with van der Waals surface area (Å²) in [6.07, 6.45) is 1.98. The summed E-state index contributed by atoms with van der Waals surface area (Å²) in [6, 6.07) is -1.06. The van der Waals surface area contributed by atoms with Crippen molar-refractivity contribution in [2.45, 2.75) is 38.6 Å². The van der Waals surface area contributed by atoms with Crippen molar-refractivity contribution in [2.75, 3.05) is 0 Å². The van der Waals surface area contributed by atoms with Gasteiger partial charge in [-0.25, -0.2) is 4.98 Å². The van der Waals surface area contributed by atoms with Gasteiger partial charge in [0.2, 0.25) is 0 Å². The summed E-state index contributed by atoms with van der Waals surface area (Å²) in [7, 11) is 0. The van der Waals surface area contributed by atoms with E-state index >= 15 is 0 Å². The molecule has 7 nitrogen and oxygen atoms in total. The van der Waals surface area contributed by atoms with E-state index in [2.05, 4.69) is 15.3 Å². The van der Waals surface area contributed by atoms with Crippen molar-refractivity contribution in [3.05, 3.63) is 27.4 Å². The molecule has 1 aromatic rings. The number of rotatable bonds is 4. The zero-order valence-corrected chi connectivity index (χ0v) is 10.7. The van der Waals surface area contributed by atoms with E-state index in [4.69, 9.17) is 5.11 Å². The Morgan fingerprint density at radius 1 is 1.47 bits per heavy atom. The van der Waals surface area contributed by atoms with E-state index in [0.717, 1.165) is 12.8 Å². The number of amides is 1. The van der Waals surface area contributed by atoms with Crippen LogP contribution in [0.1, 0.15) is 47.6 Å². The Balaban J connectivity index is 2.27. The standard InChI is InChI=1S/C12H15N3O4/c1-5-8(10(16)14-6(2)12(18)19)11(17)15-9(13-5)7-3-4-7/h6-7H,3-4H2,1-2H3,(H,14,16)(H,18,19)(H,13,15,17)/t6-/m1/s1. The van der Waals surface area contributed by atoms with Gasteiger partial charge in [-0.2, -0.15) is 0 Å². The smallest absolute Gasteiger partial charge is 0.325 e. The van der Waals surface area contributed by atoms with E-state index in [1.54, 1.807) is 6.92 Å². The summed E-state index contributed by atoms with van der Waals surface area (Å²) in [6.45, 7) is 2.90. The molecule has 1 saturated carbocycles. The second-order valence-electron chi connectivity index (χ2n) is 4.72. The summed E-state index contributed by atoms with van der Waals surface area (Å²) in [5, 5.41) is 11.0. The second kappa shape index (κ2) is 4.83. The number of aromatic nitrogens is 2. The predicted molar refractivity (Wildman–Crippen MR) is 66.1 cm³/mol. The van der Waals surface area contributed by atoms with Crippen LogP contribution >= 0.6 is 0 Å². The van der Waals surface area contributed by atoms with Crippen molar-refractivity contribution in [2.24, 2.45) is 0 Å². The summed E-state index contributed by atoms with van der Waals surface area (Å²) in [5.74, 6) is -1.000. The van der Waals surface area contributed by atoms with Crippen LogP contribution in [0.2, 0.25) is 0 Å². The highest BCUT2D eigenvalue weighted by molar-refractivity contribution is 5.97. The molecule has 1 aromatic heterocycles. The first-order valence-corrected chi connectivity index (χ1v) is 6.04. The van der Waals surface area contributed by atoms with Gasteiger partial charge in [0.25, 0.3) is 11.5 Å². The number of carbonyl (C=O) groups excluding carboxylic acids is 1. The summed E-state index contributed by atoms with van der Waals surface area (Å²) < 4.78 is 0. The third kappa shape index (κ3) is 2.81. The van der Waals surface area contributed by atoms with E-state index in [1.807, 2.05) is 0 Å². The highest BCUT2D eigenvalue weighted by Gasteiger charge is 2.28. The van der Waals surface area contributed by atoms with Crippen LogP contribution in [0.3, 0.4) is 0 Å². The van der Waals surface area contributed by atoms with E-state index in [0.29, 0.717) is 11.5 Å². The Morgan fingerprint density at radius 2 is 2.11 bits per heavy atom. The van der Waals surface area contributed by atoms with E-state index in [-0.39, 0.29) is 11.5 Å². The van der Waals surface area contributed by atoms with E-state index < -0.39 is 23.5 Å². The zero-order chi connectivity index (χ0) is 14.2. The molecule has 0 aliphatic heterocycles. The largest absolute Gasteiger partial charge is 0.480 e. The SMILES string of the molecule is Cc1nc(C2CC2)[nH]c(=O)c1C(=O)N[C@H](C)C(=O)O. The van der Waals surface area contributed by atoms with Gasteiger partial charge in [0.15, 0.2) is 0 Å². The molecule has 7 heteroatoms. The van der Waals surface area contributed by atoms with Crippen LogP contribution in [-0.2, 0) is 4.79 Å². The van der Waals surface area contributed by atoms with Crippen molar-refractivity contribution in [1.82, 2.24) is 15.3 Å². The molecule has 3 N–H and O–H groups in total. The first kappa shape index (κ1) is 13.3. The van der Waals surface area contributed by atoms with Gasteiger partial charge in [0.1, 0.15) is 17.4 Å². The van der Waals surface area contributed by atoms with Gasteiger partial charge in [0, 0.05) is 5.92 Å². The monoisotopic (exact) mass is 265 g/mol. The molecule has 1 atom stereocenters. The Labute approximate surface area is 109 Å². The molecule has 0 aromatic carbocycles. The molecule has 1 heterocycles. The average molecular weight is 265 g/mol. The van der Waals surface area contributed by atoms with Gasteiger partial charge in [-0.3, -0.25) is 14.4 Å². The fraction of sp³-hybridized carbons (Fsp3) is 0.500. The Hall–Kier alpha value is -2.18. The highest BCUT2D eigenvalue weighted by atomic mass is 16.4. The van der Waals surface area contributed by atoms with E-state index in [1.165, 1.54) is 6.92 Å². The average Bonchev–Trinajstić information content (AvgIpc) is 3.11. The van der Waals surface area contributed by atoms with Crippen molar-refractivity contribution < 1.29 is 14.7 Å². The topological polar surface area (TPSA) is 112 Å². The quantitative estimate of drug-likeness (QED) is 0.717. The highest BCUT2D eigenvalue weighted by Crippen LogP contribution is 2.37. The number of carbonyl (C=O) groups is 2. The predicted octanol–water partition coefficient (Wildman–Crippen LogP) is 0.159. The molecule has 102 valence electrons. The van der Waals surface area contributed by atoms with E-state index in [9.17, 15) is 14.4 Å². The Bertz CT molecular complexity index is 589. The second-order valence-corrected chi connectivity index (χ2v) is 4.72. The number of aromatic amines is 1. The number of hydrogen-bond donors (Lipinski definition) is 3. The van der Waals surface area contributed by atoms with Crippen LogP contribution in [0.4, 0.5) is 0 Å². The summed E-state index contributed by atoms with van der Waals surface area (Å²) in [5.41, 5.74) is -0.331. The molecule has 2 rings (SSSR count). The lowest BCUT2D eigenvalue weighted by molar-refractivity contribution is -0.138. The van der Waals surface area contributed by atoms with Gasteiger partial charge in [-0.1, -0.05) is 0 Å². The molecule has 0 radical (unpaired) electrons. The van der Waals surface area contributed by atoms with Crippen LogP contribution < -0.4 is 10.9 Å². The maximum Gasteiger partial charge on any atom is 0.325 e. The molecule has 1 aliphatic carbocycles. The number of carboxylic acids is 1. The lowest BCUT2D eigenvalue weighted by atomic mass is 10.2. The Kier molecular flexibility index (Phi) is 3.37. The molecule has 1 fully saturated rings. The molecule has 0 saturated heterocycles. The third-order valence-electron chi connectivity index (χ3n) is 3.03. The third-order valence-corrected chi connectivity index (χ3v) is 3.03. The molecular weight excluding hydrogens is 250 g/mol. The number of aliphatic carboxylic acids is 1. The van der Waals surface area contributed by atoms with Crippen LogP contribution in [0.25, 0.3) is 0 Å². The first-order chi connectivity index (χ1) is 8.90. The minimum atomic E-state index is -1.16. The molecule has 0 spiro atoms. The van der Waals surface area contributed by atoms with Crippen molar-refractivity contribution >= 4 is 11.9 Å². The fourth-order valence-electron chi connectivity index (χ4n) is 1.76. The Morgan fingerprint density at radius 3 is 2.58 bits per heavy atom. The van der Waals surface area contributed by atoms with Gasteiger partial charge in [-0.15, -0.1) is 0 Å². The lowest BCUT2D eigenvalue weighted by Crippen LogP contribution is -2.41. The number of H-pyrrole nitrogens is 1. The molecule has 1 aliphatic rings. The van der Waals surface area contributed by atoms with Gasteiger partial charge in [0.05, 0.1) is 5.69 Å². The minimum absolute atomic E-state index is 0.127. The van der Waals surface area contributed by atoms with Crippen molar-refractivity contribution in [3.8, 4) is 0 Å². The summed E-state index contributed by atoms with van der Waals surface area (Å²) in [4.78, 5) is 41.2. The number of hydrogen-bond acceptors (Lipinski definition) is 4. The molecule has 19 heavy (non-hydrogen) atoms. The number of aryl methyl sites for hydroxylation is 1. The molecule has 1 amide bonds. The van der Waals surface area contributed by atoms with Gasteiger partial charge in [-0.05, 0) is 26.7 Å². The maximum absolute atomic E-state index is 11.9. The number of carboxylic acid groups (broad SMARTS) is 1.